The number of unbranched alkanes of at least 4 members (excludes halogenated alkanes) is 22. The maximum Gasteiger partial charge on any atom is 0.323 e. The van der Waals surface area contributed by atoms with Gasteiger partial charge < -0.3 is 23.8 Å². The van der Waals surface area contributed by atoms with Gasteiger partial charge in [-0.25, -0.2) is 0 Å². The minimum atomic E-state index is -0.318. The quantitative estimate of drug-likeness (QED) is 0.0344. The van der Waals surface area contributed by atoms with E-state index in [4.69, 9.17) is 18.9 Å². The van der Waals surface area contributed by atoms with Crippen molar-refractivity contribution in [2.45, 2.75) is 270 Å². The molecule has 0 amide bonds. The van der Waals surface area contributed by atoms with Gasteiger partial charge in [-0.05, 0) is 103 Å². The number of carbonyl (C=O) groups is 1. The second kappa shape index (κ2) is 37.9. The van der Waals surface area contributed by atoms with Gasteiger partial charge in [0, 0.05) is 39.0 Å². The maximum atomic E-state index is 13.4. The molecular weight excluding hydrogens is 769 g/mol. The first-order valence-corrected chi connectivity index (χ1v) is 27.5. The van der Waals surface area contributed by atoms with Crippen molar-refractivity contribution in [2.24, 2.45) is 0 Å². The van der Waals surface area contributed by atoms with Crippen molar-refractivity contribution >= 4 is 5.97 Å². The molecule has 4 atom stereocenters. The van der Waals surface area contributed by atoms with Crippen LogP contribution < -0.4 is 0 Å². The van der Waals surface area contributed by atoms with Crippen molar-refractivity contribution in [1.29, 1.82) is 0 Å². The molecule has 0 radical (unpaired) electrons. The molecule has 0 aromatic carbocycles. The van der Waals surface area contributed by atoms with E-state index in [1.807, 2.05) is 0 Å². The number of nitrogens with zero attached hydrogens (tertiary/aromatic N) is 2. The molecule has 0 spiro atoms. The van der Waals surface area contributed by atoms with Gasteiger partial charge in [-0.1, -0.05) is 167 Å². The van der Waals surface area contributed by atoms with Gasteiger partial charge >= 0.3 is 5.97 Å². The van der Waals surface area contributed by atoms with Crippen LogP contribution >= 0.6 is 0 Å². The average molecular weight is 871 g/mol. The van der Waals surface area contributed by atoms with Crippen LogP contribution in [0.4, 0.5) is 0 Å². The van der Waals surface area contributed by atoms with Gasteiger partial charge in [0.2, 0.25) is 0 Å². The molecule has 0 aromatic rings. The van der Waals surface area contributed by atoms with Crippen LogP contribution in [0.3, 0.4) is 0 Å². The molecular formula is C55H102N2O5. The van der Waals surface area contributed by atoms with Crippen LogP contribution in [0.1, 0.15) is 245 Å². The Morgan fingerprint density at radius 1 is 0.613 bits per heavy atom. The van der Waals surface area contributed by atoms with E-state index >= 15 is 0 Å². The molecule has 3 rings (SSSR count). The number of hydrogen-bond acceptors (Lipinski definition) is 7. The Hall–Kier alpha value is -1.25. The minimum absolute atomic E-state index is 0.0248. The first-order chi connectivity index (χ1) is 30.6. The van der Waals surface area contributed by atoms with E-state index in [1.54, 1.807) is 0 Å². The lowest BCUT2D eigenvalue weighted by atomic mass is 9.99. The number of ether oxygens (including phenoxy) is 4. The highest BCUT2D eigenvalue weighted by Gasteiger charge is 2.40. The Bertz CT molecular complexity index is 1090. The number of rotatable bonds is 42. The second-order valence-corrected chi connectivity index (χ2v) is 19.6. The summed E-state index contributed by atoms with van der Waals surface area (Å²) >= 11 is 0. The number of likely N-dealkylation sites (tertiary alicyclic amines) is 2. The lowest BCUT2D eigenvalue weighted by Crippen LogP contribution is -2.38. The predicted molar refractivity (Wildman–Crippen MR) is 263 cm³/mol. The fraction of sp³-hybridized carbons (Fsp3) is 0.909. The first kappa shape index (κ1) is 55.1. The topological polar surface area (TPSA) is 60.5 Å². The zero-order valence-electron chi connectivity index (χ0n) is 41.4. The van der Waals surface area contributed by atoms with E-state index in [9.17, 15) is 4.79 Å². The normalized spacial score (nSPS) is 22.3. The van der Waals surface area contributed by atoms with Gasteiger partial charge in [-0.3, -0.25) is 9.69 Å². The zero-order chi connectivity index (χ0) is 44.0. The molecule has 0 saturated carbocycles. The van der Waals surface area contributed by atoms with Crippen LogP contribution in [0, 0.1) is 0 Å². The van der Waals surface area contributed by atoms with Gasteiger partial charge in [0.25, 0.3) is 0 Å². The van der Waals surface area contributed by atoms with Crippen molar-refractivity contribution in [1.82, 2.24) is 9.80 Å². The molecule has 4 unspecified atom stereocenters. The average Bonchev–Trinajstić information content (AvgIpc) is 4.05. The Balaban J connectivity index is 1.28. The molecule has 3 aliphatic rings. The van der Waals surface area contributed by atoms with Crippen LogP contribution in [-0.2, 0) is 23.7 Å². The summed E-state index contributed by atoms with van der Waals surface area (Å²) in [6.07, 6.45) is 52.5. The molecule has 62 heavy (non-hydrogen) atoms. The van der Waals surface area contributed by atoms with Crippen molar-refractivity contribution in [3.8, 4) is 0 Å². The second-order valence-electron chi connectivity index (χ2n) is 19.6. The standard InChI is InChI=1S/C55H102N2O5/c1-4-7-10-13-15-16-17-18-19-20-21-22-26-30-37-46-60-54(58)53-48-52(59-47-38-44-56-42-35-36-43-56)49-57(53)45-34-29-25-23-27-31-39-51-50-61-55(62-51,40-32-12-9-6-3)41-33-28-24-14-11-8-5-2/h15-16,18-19,51-53H,4-14,17,20-50H2,1-3H3/b16-15-,19-18-. The lowest BCUT2D eigenvalue weighted by molar-refractivity contribution is -0.180. The molecule has 7 heteroatoms. The van der Waals surface area contributed by atoms with Gasteiger partial charge in [-0.2, -0.15) is 0 Å². The highest BCUT2D eigenvalue weighted by molar-refractivity contribution is 5.76. The van der Waals surface area contributed by atoms with Gasteiger partial charge in [0.15, 0.2) is 5.79 Å². The summed E-state index contributed by atoms with van der Waals surface area (Å²) in [5, 5.41) is 0. The Kier molecular flexibility index (Phi) is 33.7. The third kappa shape index (κ3) is 26.6. The Labute approximate surface area is 384 Å². The van der Waals surface area contributed by atoms with Crippen LogP contribution in [0.15, 0.2) is 24.3 Å². The van der Waals surface area contributed by atoms with Crippen LogP contribution in [0.25, 0.3) is 0 Å². The molecule has 0 bridgehead atoms. The summed E-state index contributed by atoms with van der Waals surface area (Å²) in [5.41, 5.74) is 0. The minimum Gasteiger partial charge on any atom is -0.465 e. The number of esters is 1. The Morgan fingerprint density at radius 3 is 1.87 bits per heavy atom. The highest BCUT2D eigenvalue weighted by atomic mass is 16.7. The molecule has 0 aliphatic carbocycles. The number of allylic oxidation sites excluding steroid dienone is 4. The van der Waals surface area contributed by atoms with E-state index in [1.165, 1.54) is 180 Å². The SMILES string of the molecule is CCCCC/C=C\C/C=C\CCCCCCCOC(=O)C1CC(OCCCN2CCCC2)CN1CCCCCCCCC1COC(CCCCCC)(CCCCCCCCC)O1. The summed E-state index contributed by atoms with van der Waals surface area (Å²) in [6, 6.07) is -0.158. The largest absolute Gasteiger partial charge is 0.465 e. The smallest absolute Gasteiger partial charge is 0.323 e. The summed E-state index contributed by atoms with van der Waals surface area (Å²) in [6.45, 7) is 14.4. The fourth-order valence-corrected chi connectivity index (χ4v) is 9.91. The van der Waals surface area contributed by atoms with Crippen molar-refractivity contribution in [3.05, 3.63) is 24.3 Å². The first-order valence-electron chi connectivity index (χ1n) is 27.5. The third-order valence-electron chi connectivity index (χ3n) is 13.9. The van der Waals surface area contributed by atoms with Crippen LogP contribution in [0.5, 0.6) is 0 Å². The highest BCUT2D eigenvalue weighted by Crippen LogP contribution is 2.36. The monoisotopic (exact) mass is 871 g/mol. The number of carbonyl (C=O) groups excluding carboxylic acids is 1. The van der Waals surface area contributed by atoms with E-state index < -0.39 is 0 Å². The summed E-state index contributed by atoms with van der Waals surface area (Å²) in [5.74, 6) is -0.342. The van der Waals surface area contributed by atoms with E-state index in [0.29, 0.717) is 6.61 Å². The van der Waals surface area contributed by atoms with Crippen molar-refractivity contribution < 1.29 is 23.7 Å². The van der Waals surface area contributed by atoms with E-state index in [2.05, 4.69) is 54.9 Å². The predicted octanol–water partition coefficient (Wildman–Crippen LogP) is 14.9. The van der Waals surface area contributed by atoms with Crippen LogP contribution in [0.2, 0.25) is 0 Å². The van der Waals surface area contributed by atoms with Gasteiger partial charge in [0.05, 0.1) is 25.4 Å². The fourth-order valence-electron chi connectivity index (χ4n) is 9.91. The summed E-state index contributed by atoms with van der Waals surface area (Å²) in [4.78, 5) is 18.4. The third-order valence-corrected chi connectivity index (χ3v) is 13.9. The maximum absolute atomic E-state index is 13.4. The van der Waals surface area contributed by atoms with E-state index in [-0.39, 0.29) is 30.0 Å². The molecule has 3 aliphatic heterocycles. The Morgan fingerprint density at radius 2 is 1.18 bits per heavy atom. The molecule has 0 N–H and O–H groups in total. The van der Waals surface area contributed by atoms with Crippen molar-refractivity contribution in [3.63, 3.8) is 0 Å². The van der Waals surface area contributed by atoms with Crippen molar-refractivity contribution in [2.75, 3.05) is 52.5 Å². The van der Waals surface area contributed by atoms with Gasteiger partial charge in [0.1, 0.15) is 6.04 Å². The molecule has 3 saturated heterocycles. The molecule has 0 aromatic heterocycles. The lowest BCUT2D eigenvalue weighted by Gasteiger charge is -2.28. The number of hydrogen-bond donors (Lipinski definition) is 0. The zero-order valence-corrected chi connectivity index (χ0v) is 41.4. The molecule has 362 valence electrons. The van der Waals surface area contributed by atoms with Crippen LogP contribution in [-0.4, -0.2) is 92.4 Å². The summed E-state index contributed by atoms with van der Waals surface area (Å²) in [7, 11) is 0. The summed E-state index contributed by atoms with van der Waals surface area (Å²) < 4.78 is 25.6. The molecule has 3 fully saturated rings. The van der Waals surface area contributed by atoms with Gasteiger partial charge in [-0.15, -0.1) is 0 Å². The van der Waals surface area contributed by atoms with E-state index in [0.717, 1.165) is 90.6 Å². The molecule has 7 nitrogen and oxygen atoms in total. The molecule has 3 heterocycles.